The van der Waals surface area contributed by atoms with Gasteiger partial charge in [0.1, 0.15) is 12.4 Å². The van der Waals surface area contributed by atoms with Crippen LogP contribution in [0.25, 0.3) is 6.08 Å². The second-order valence-electron chi connectivity index (χ2n) is 4.86. The smallest absolute Gasteiger partial charge is 0.276 e. The zero-order valence-corrected chi connectivity index (χ0v) is 12.9. The SMILES string of the molecule is O=C(C=Cc1ccccc1[N+](=O)[O-])NCCOc1ccc(F)c(F)c1. The summed E-state index contributed by atoms with van der Waals surface area (Å²) in [5.41, 5.74) is 0.203. The van der Waals surface area contributed by atoms with Crippen LogP contribution in [-0.4, -0.2) is 24.0 Å². The molecule has 6 nitrogen and oxygen atoms in total. The highest BCUT2D eigenvalue weighted by atomic mass is 19.2. The van der Waals surface area contributed by atoms with Gasteiger partial charge in [-0.1, -0.05) is 12.1 Å². The second-order valence-corrected chi connectivity index (χ2v) is 4.86. The average Bonchev–Trinajstić information content (AvgIpc) is 2.60. The van der Waals surface area contributed by atoms with Crippen LogP contribution in [-0.2, 0) is 4.79 Å². The number of carbonyl (C=O) groups excluding carboxylic acids is 1. The van der Waals surface area contributed by atoms with Crippen LogP contribution >= 0.6 is 0 Å². The van der Waals surface area contributed by atoms with Crippen molar-refractivity contribution < 1.29 is 23.2 Å². The van der Waals surface area contributed by atoms with Gasteiger partial charge >= 0.3 is 0 Å². The molecule has 0 spiro atoms. The predicted molar refractivity (Wildman–Crippen MR) is 87.0 cm³/mol. The highest BCUT2D eigenvalue weighted by molar-refractivity contribution is 5.92. The molecule has 2 aromatic carbocycles. The van der Waals surface area contributed by atoms with E-state index in [-0.39, 0.29) is 24.6 Å². The Balaban J connectivity index is 1.81. The van der Waals surface area contributed by atoms with Gasteiger partial charge < -0.3 is 10.1 Å². The topological polar surface area (TPSA) is 81.5 Å². The number of carbonyl (C=O) groups is 1. The number of hydrogen-bond acceptors (Lipinski definition) is 4. The van der Waals surface area contributed by atoms with Crippen LogP contribution in [0.4, 0.5) is 14.5 Å². The largest absolute Gasteiger partial charge is 0.492 e. The molecule has 0 aliphatic rings. The highest BCUT2D eigenvalue weighted by Crippen LogP contribution is 2.18. The van der Waals surface area contributed by atoms with Gasteiger partial charge in [-0.25, -0.2) is 8.78 Å². The summed E-state index contributed by atoms with van der Waals surface area (Å²) in [6.45, 7) is 0.176. The molecule has 1 N–H and O–H groups in total. The van der Waals surface area contributed by atoms with E-state index in [9.17, 15) is 23.7 Å². The number of ether oxygens (including phenoxy) is 1. The van der Waals surface area contributed by atoms with Crippen molar-refractivity contribution in [1.29, 1.82) is 0 Å². The first kappa shape index (κ1) is 18.1. The van der Waals surface area contributed by atoms with Crippen LogP contribution in [0.2, 0.25) is 0 Å². The number of halogens is 2. The van der Waals surface area contributed by atoms with Gasteiger partial charge in [-0.2, -0.15) is 0 Å². The molecule has 0 heterocycles. The van der Waals surface area contributed by atoms with Gasteiger partial charge in [-0.15, -0.1) is 0 Å². The fourth-order valence-corrected chi connectivity index (χ4v) is 1.93. The molecule has 0 fully saturated rings. The lowest BCUT2D eigenvalue weighted by atomic mass is 10.1. The fraction of sp³-hybridized carbons (Fsp3) is 0.118. The van der Waals surface area contributed by atoms with Gasteiger partial charge in [0.05, 0.1) is 17.0 Å². The average molecular weight is 348 g/mol. The second kappa shape index (κ2) is 8.53. The van der Waals surface area contributed by atoms with Crippen LogP contribution in [0.5, 0.6) is 5.75 Å². The van der Waals surface area contributed by atoms with E-state index in [0.717, 1.165) is 12.1 Å². The molecule has 0 saturated heterocycles. The minimum Gasteiger partial charge on any atom is -0.492 e. The minimum absolute atomic E-state index is 0.0517. The fourth-order valence-electron chi connectivity index (χ4n) is 1.93. The number of amides is 1. The van der Waals surface area contributed by atoms with E-state index in [1.165, 1.54) is 36.4 Å². The van der Waals surface area contributed by atoms with Crippen molar-refractivity contribution in [2.45, 2.75) is 0 Å². The maximum absolute atomic E-state index is 13.0. The summed E-state index contributed by atoms with van der Waals surface area (Å²) in [5.74, 6) is -2.31. The summed E-state index contributed by atoms with van der Waals surface area (Å²) >= 11 is 0. The van der Waals surface area contributed by atoms with Crippen molar-refractivity contribution in [3.05, 3.63) is 75.9 Å². The lowest BCUT2D eigenvalue weighted by Gasteiger charge is -2.06. The number of hydrogen-bond donors (Lipinski definition) is 1. The number of nitrogens with one attached hydrogen (secondary N) is 1. The molecule has 8 heteroatoms. The number of nitrogens with zero attached hydrogens (tertiary/aromatic N) is 1. The first-order valence-corrected chi connectivity index (χ1v) is 7.24. The van der Waals surface area contributed by atoms with Crippen LogP contribution in [0, 0.1) is 21.7 Å². The zero-order chi connectivity index (χ0) is 18.2. The minimum atomic E-state index is -1.02. The number of rotatable bonds is 7. The molecule has 0 aromatic heterocycles. The van der Waals surface area contributed by atoms with Crippen LogP contribution < -0.4 is 10.1 Å². The Kier molecular flexibility index (Phi) is 6.16. The summed E-state index contributed by atoms with van der Waals surface area (Å²) in [7, 11) is 0. The van der Waals surface area contributed by atoms with E-state index in [0.29, 0.717) is 5.56 Å². The van der Waals surface area contributed by atoms with Crippen molar-refractivity contribution in [2.24, 2.45) is 0 Å². The Labute approximate surface area is 141 Å². The quantitative estimate of drug-likeness (QED) is 0.361. The lowest BCUT2D eigenvalue weighted by molar-refractivity contribution is -0.385. The first-order valence-electron chi connectivity index (χ1n) is 7.24. The van der Waals surface area contributed by atoms with Crippen molar-refractivity contribution in [2.75, 3.05) is 13.2 Å². The van der Waals surface area contributed by atoms with E-state index in [1.807, 2.05) is 0 Å². The van der Waals surface area contributed by atoms with E-state index in [4.69, 9.17) is 4.74 Å². The lowest BCUT2D eigenvalue weighted by Crippen LogP contribution is -2.26. The van der Waals surface area contributed by atoms with Gasteiger partial charge in [0, 0.05) is 18.2 Å². The standard InChI is InChI=1S/C17H14F2N2O4/c18-14-7-6-13(11-15(14)19)25-10-9-20-17(22)8-5-12-3-1-2-4-16(12)21(23)24/h1-8,11H,9-10H2,(H,20,22). The molecule has 0 radical (unpaired) electrons. The molecule has 0 aliphatic carbocycles. The van der Waals surface area contributed by atoms with Gasteiger partial charge in [-0.3, -0.25) is 14.9 Å². The third kappa shape index (κ3) is 5.38. The van der Waals surface area contributed by atoms with E-state index >= 15 is 0 Å². The maximum atomic E-state index is 13.0. The third-order valence-electron chi connectivity index (χ3n) is 3.11. The van der Waals surface area contributed by atoms with Crippen LogP contribution in [0.15, 0.2) is 48.5 Å². The van der Waals surface area contributed by atoms with Gasteiger partial charge in [0.25, 0.3) is 5.69 Å². The third-order valence-corrected chi connectivity index (χ3v) is 3.11. The summed E-state index contributed by atoms with van der Waals surface area (Å²) in [5, 5.41) is 13.4. The number of nitro benzene ring substituents is 1. The summed E-state index contributed by atoms with van der Waals surface area (Å²) in [6, 6.07) is 9.14. The Bertz CT molecular complexity index is 809. The molecule has 2 rings (SSSR count). The molecule has 0 unspecified atom stereocenters. The first-order chi connectivity index (χ1) is 12.0. The molecule has 0 aliphatic heterocycles. The molecule has 2 aromatic rings. The molecule has 0 atom stereocenters. The number of benzene rings is 2. The van der Waals surface area contributed by atoms with Crippen molar-refractivity contribution in [1.82, 2.24) is 5.32 Å². The molecule has 25 heavy (non-hydrogen) atoms. The Morgan fingerprint density at radius 3 is 2.68 bits per heavy atom. The van der Waals surface area contributed by atoms with Gasteiger partial charge in [0.15, 0.2) is 11.6 Å². The number of nitro groups is 1. The van der Waals surface area contributed by atoms with Crippen LogP contribution in [0.3, 0.4) is 0 Å². The summed E-state index contributed by atoms with van der Waals surface area (Å²) < 4.78 is 30.9. The molecule has 1 amide bonds. The van der Waals surface area contributed by atoms with Crippen molar-refractivity contribution in [3.8, 4) is 5.75 Å². The molecular weight excluding hydrogens is 334 g/mol. The zero-order valence-electron chi connectivity index (χ0n) is 12.9. The Morgan fingerprint density at radius 2 is 1.96 bits per heavy atom. The van der Waals surface area contributed by atoms with Crippen LogP contribution in [0.1, 0.15) is 5.56 Å². The van der Waals surface area contributed by atoms with E-state index in [2.05, 4.69) is 5.32 Å². The maximum Gasteiger partial charge on any atom is 0.276 e. The summed E-state index contributed by atoms with van der Waals surface area (Å²) in [4.78, 5) is 22.0. The summed E-state index contributed by atoms with van der Waals surface area (Å²) in [6.07, 6.45) is 2.50. The Hall–Kier alpha value is -3.29. The monoisotopic (exact) mass is 348 g/mol. The molecular formula is C17H14F2N2O4. The van der Waals surface area contributed by atoms with Crippen molar-refractivity contribution >= 4 is 17.7 Å². The normalized spacial score (nSPS) is 10.6. The molecule has 0 saturated carbocycles. The number of para-hydroxylation sites is 1. The van der Waals surface area contributed by atoms with Gasteiger partial charge in [0.2, 0.25) is 5.91 Å². The van der Waals surface area contributed by atoms with E-state index < -0.39 is 22.5 Å². The molecule has 0 bridgehead atoms. The van der Waals surface area contributed by atoms with Crippen molar-refractivity contribution in [3.63, 3.8) is 0 Å². The van der Waals surface area contributed by atoms with Gasteiger partial charge in [-0.05, 0) is 24.3 Å². The molecule has 130 valence electrons. The predicted octanol–water partition coefficient (Wildman–Crippen LogP) is 3.08. The highest BCUT2D eigenvalue weighted by Gasteiger charge is 2.09. The van der Waals surface area contributed by atoms with E-state index in [1.54, 1.807) is 6.07 Å². The Morgan fingerprint density at radius 1 is 1.20 bits per heavy atom.